The fourth-order valence-electron chi connectivity index (χ4n) is 2.56. The lowest BCUT2D eigenvalue weighted by molar-refractivity contribution is 0.0879. The standard InChI is InChI=1S/C13H23N5O/c1-10-7-17(2)5-3-11(10)16-13(19)12-8-18(6-4-14)9-15-12/h8-11H,3-7,14H2,1-2H3,(H,16,19). The second kappa shape index (κ2) is 6.16. The van der Waals surface area contributed by atoms with Crippen LogP contribution in [0.2, 0.25) is 0 Å². The predicted octanol–water partition coefficient (Wildman–Crippen LogP) is -0.0882. The Bertz CT molecular complexity index is 430. The number of hydrogen-bond acceptors (Lipinski definition) is 4. The molecule has 0 aliphatic carbocycles. The van der Waals surface area contributed by atoms with Gasteiger partial charge in [0.05, 0.1) is 6.33 Å². The van der Waals surface area contributed by atoms with Gasteiger partial charge in [-0.25, -0.2) is 4.98 Å². The first-order chi connectivity index (χ1) is 9.10. The molecule has 1 fully saturated rings. The molecule has 2 rings (SSSR count). The van der Waals surface area contributed by atoms with Crippen molar-refractivity contribution in [3.05, 3.63) is 18.2 Å². The number of imidazole rings is 1. The minimum atomic E-state index is -0.0859. The van der Waals surface area contributed by atoms with Crippen LogP contribution in [0.4, 0.5) is 0 Å². The Morgan fingerprint density at radius 2 is 2.42 bits per heavy atom. The van der Waals surface area contributed by atoms with E-state index in [1.165, 1.54) is 0 Å². The molecule has 2 heterocycles. The molecule has 1 aliphatic heterocycles. The average molecular weight is 265 g/mol. The number of nitrogens with zero attached hydrogens (tertiary/aromatic N) is 3. The van der Waals surface area contributed by atoms with Gasteiger partial charge in [0.1, 0.15) is 5.69 Å². The van der Waals surface area contributed by atoms with Gasteiger partial charge < -0.3 is 20.5 Å². The van der Waals surface area contributed by atoms with E-state index in [0.29, 0.717) is 24.7 Å². The van der Waals surface area contributed by atoms with Crippen LogP contribution in [0.25, 0.3) is 0 Å². The van der Waals surface area contributed by atoms with Crippen molar-refractivity contribution in [2.75, 3.05) is 26.7 Å². The van der Waals surface area contributed by atoms with E-state index < -0.39 is 0 Å². The fourth-order valence-corrected chi connectivity index (χ4v) is 2.56. The van der Waals surface area contributed by atoms with Crippen molar-refractivity contribution in [2.45, 2.75) is 25.9 Å². The Kier molecular flexibility index (Phi) is 4.55. The van der Waals surface area contributed by atoms with Crippen molar-refractivity contribution >= 4 is 5.91 Å². The van der Waals surface area contributed by atoms with Crippen LogP contribution in [0, 0.1) is 5.92 Å². The summed E-state index contributed by atoms with van der Waals surface area (Å²) >= 11 is 0. The lowest BCUT2D eigenvalue weighted by Crippen LogP contribution is -2.48. The van der Waals surface area contributed by atoms with E-state index in [2.05, 4.69) is 29.2 Å². The minimum absolute atomic E-state index is 0.0859. The van der Waals surface area contributed by atoms with E-state index >= 15 is 0 Å². The zero-order valence-electron chi connectivity index (χ0n) is 11.7. The molecule has 2 atom stereocenters. The van der Waals surface area contributed by atoms with E-state index in [1.54, 1.807) is 12.5 Å². The monoisotopic (exact) mass is 265 g/mol. The second-order valence-corrected chi connectivity index (χ2v) is 5.39. The van der Waals surface area contributed by atoms with E-state index in [9.17, 15) is 4.79 Å². The lowest BCUT2D eigenvalue weighted by atomic mass is 9.94. The molecule has 0 saturated carbocycles. The number of aromatic nitrogens is 2. The summed E-state index contributed by atoms with van der Waals surface area (Å²) in [6.45, 7) is 5.45. The highest BCUT2D eigenvalue weighted by Crippen LogP contribution is 2.15. The Hall–Kier alpha value is -1.40. The molecule has 1 aromatic heterocycles. The number of amides is 1. The molecule has 19 heavy (non-hydrogen) atoms. The van der Waals surface area contributed by atoms with Gasteiger partial charge in [0.15, 0.2) is 0 Å². The zero-order chi connectivity index (χ0) is 13.8. The number of carbonyl (C=O) groups excluding carboxylic acids is 1. The SMILES string of the molecule is CC1CN(C)CCC1NC(=O)c1cn(CCN)cn1. The van der Waals surface area contributed by atoms with Crippen molar-refractivity contribution in [3.63, 3.8) is 0 Å². The Morgan fingerprint density at radius 3 is 3.11 bits per heavy atom. The van der Waals surface area contributed by atoms with Crippen LogP contribution >= 0.6 is 0 Å². The number of nitrogens with one attached hydrogen (secondary N) is 1. The number of hydrogen-bond donors (Lipinski definition) is 2. The van der Waals surface area contributed by atoms with E-state index in [0.717, 1.165) is 19.5 Å². The topological polar surface area (TPSA) is 76.2 Å². The molecule has 2 unspecified atom stereocenters. The van der Waals surface area contributed by atoms with Crippen molar-refractivity contribution < 1.29 is 4.79 Å². The summed E-state index contributed by atoms with van der Waals surface area (Å²) in [5.41, 5.74) is 5.94. The highest BCUT2D eigenvalue weighted by atomic mass is 16.2. The summed E-state index contributed by atoms with van der Waals surface area (Å²) in [5.74, 6) is 0.381. The maximum atomic E-state index is 12.1. The third-order valence-corrected chi connectivity index (χ3v) is 3.68. The molecule has 3 N–H and O–H groups in total. The van der Waals surface area contributed by atoms with Crippen LogP contribution in [-0.4, -0.2) is 53.1 Å². The summed E-state index contributed by atoms with van der Waals surface area (Å²) in [6, 6.07) is 0.239. The Balaban J connectivity index is 1.92. The van der Waals surface area contributed by atoms with Crippen molar-refractivity contribution in [2.24, 2.45) is 11.7 Å². The molecule has 6 heteroatoms. The number of nitrogens with two attached hydrogens (primary N) is 1. The van der Waals surface area contributed by atoms with Gasteiger partial charge in [0, 0.05) is 31.9 Å². The number of rotatable bonds is 4. The molecule has 1 aliphatic rings. The highest BCUT2D eigenvalue weighted by Gasteiger charge is 2.26. The first-order valence-electron chi connectivity index (χ1n) is 6.81. The molecule has 0 spiro atoms. The molecule has 1 aromatic rings. The third-order valence-electron chi connectivity index (χ3n) is 3.68. The maximum Gasteiger partial charge on any atom is 0.271 e. The van der Waals surface area contributed by atoms with Crippen LogP contribution < -0.4 is 11.1 Å². The van der Waals surface area contributed by atoms with Crippen LogP contribution in [0.3, 0.4) is 0 Å². The Labute approximate surface area is 114 Å². The highest BCUT2D eigenvalue weighted by molar-refractivity contribution is 5.92. The second-order valence-electron chi connectivity index (χ2n) is 5.39. The first kappa shape index (κ1) is 14.0. The van der Waals surface area contributed by atoms with Crippen molar-refractivity contribution in [1.82, 2.24) is 19.8 Å². The zero-order valence-corrected chi connectivity index (χ0v) is 11.7. The average Bonchev–Trinajstić information content (AvgIpc) is 2.82. The summed E-state index contributed by atoms with van der Waals surface area (Å²) in [7, 11) is 2.11. The van der Waals surface area contributed by atoms with Crippen LogP contribution in [-0.2, 0) is 6.54 Å². The molecule has 0 radical (unpaired) electrons. The van der Waals surface area contributed by atoms with Crippen molar-refractivity contribution in [1.29, 1.82) is 0 Å². The van der Waals surface area contributed by atoms with E-state index in [4.69, 9.17) is 5.73 Å². The van der Waals surface area contributed by atoms with Gasteiger partial charge in [-0.1, -0.05) is 6.92 Å². The van der Waals surface area contributed by atoms with Crippen LogP contribution in [0.1, 0.15) is 23.8 Å². The smallest absolute Gasteiger partial charge is 0.271 e. The minimum Gasteiger partial charge on any atom is -0.348 e. The quantitative estimate of drug-likeness (QED) is 0.798. The molecule has 106 valence electrons. The summed E-state index contributed by atoms with van der Waals surface area (Å²) in [4.78, 5) is 18.5. The van der Waals surface area contributed by atoms with Gasteiger partial charge in [-0.05, 0) is 25.9 Å². The maximum absolute atomic E-state index is 12.1. The Morgan fingerprint density at radius 1 is 1.63 bits per heavy atom. The first-order valence-corrected chi connectivity index (χ1v) is 6.81. The molecule has 1 saturated heterocycles. The van der Waals surface area contributed by atoms with Gasteiger partial charge in [-0.15, -0.1) is 0 Å². The molecule has 0 bridgehead atoms. The number of likely N-dealkylation sites (tertiary alicyclic amines) is 1. The molecular formula is C13H23N5O. The molecule has 6 nitrogen and oxygen atoms in total. The van der Waals surface area contributed by atoms with Crippen molar-refractivity contribution in [3.8, 4) is 0 Å². The van der Waals surface area contributed by atoms with Gasteiger partial charge in [0.25, 0.3) is 5.91 Å². The van der Waals surface area contributed by atoms with E-state index in [-0.39, 0.29) is 11.9 Å². The molecule has 0 aromatic carbocycles. The third kappa shape index (κ3) is 3.54. The van der Waals surface area contributed by atoms with Crippen LogP contribution in [0.15, 0.2) is 12.5 Å². The van der Waals surface area contributed by atoms with E-state index in [1.807, 2.05) is 4.57 Å². The molecular weight excluding hydrogens is 242 g/mol. The summed E-state index contributed by atoms with van der Waals surface area (Å²) in [6.07, 6.45) is 4.40. The van der Waals surface area contributed by atoms with Gasteiger partial charge in [-0.2, -0.15) is 0 Å². The van der Waals surface area contributed by atoms with Gasteiger partial charge >= 0.3 is 0 Å². The van der Waals surface area contributed by atoms with Crippen LogP contribution in [0.5, 0.6) is 0 Å². The number of piperidine rings is 1. The normalized spacial score (nSPS) is 24.4. The van der Waals surface area contributed by atoms with Gasteiger partial charge in [-0.3, -0.25) is 4.79 Å². The largest absolute Gasteiger partial charge is 0.348 e. The summed E-state index contributed by atoms with van der Waals surface area (Å²) in [5, 5.41) is 3.09. The van der Waals surface area contributed by atoms with Gasteiger partial charge in [0.2, 0.25) is 0 Å². The summed E-state index contributed by atoms with van der Waals surface area (Å²) < 4.78 is 1.84. The fraction of sp³-hybridized carbons (Fsp3) is 0.692. The molecule has 1 amide bonds. The predicted molar refractivity (Wildman–Crippen MR) is 73.8 cm³/mol. The number of carbonyl (C=O) groups is 1. The lowest BCUT2D eigenvalue weighted by Gasteiger charge is -2.35.